The van der Waals surface area contributed by atoms with Crippen LogP contribution < -0.4 is 10.1 Å². The van der Waals surface area contributed by atoms with E-state index >= 15 is 0 Å². The minimum absolute atomic E-state index is 0.316. The van der Waals surface area contributed by atoms with E-state index in [-0.39, 0.29) is 0 Å². The van der Waals surface area contributed by atoms with Gasteiger partial charge < -0.3 is 14.6 Å². The largest absolute Gasteiger partial charge is 0.485 e. The van der Waals surface area contributed by atoms with Gasteiger partial charge in [-0.2, -0.15) is 0 Å². The molecule has 15 heavy (non-hydrogen) atoms. The average Bonchev–Trinajstić information content (AvgIpc) is 2.51. The predicted molar refractivity (Wildman–Crippen MR) is 58.0 cm³/mol. The third kappa shape index (κ3) is 1.37. The van der Waals surface area contributed by atoms with Crippen molar-refractivity contribution in [3.63, 3.8) is 0 Å². The Kier molecular flexibility index (Phi) is 1.89. The molecule has 3 rings (SSSR count). The fourth-order valence-electron chi connectivity index (χ4n) is 1.80. The molecule has 0 atom stereocenters. The van der Waals surface area contributed by atoms with Crippen LogP contribution in [0.3, 0.4) is 0 Å². The third-order valence-corrected chi connectivity index (χ3v) is 2.73. The van der Waals surface area contributed by atoms with Gasteiger partial charge in [-0.05, 0) is 12.1 Å². The van der Waals surface area contributed by atoms with Gasteiger partial charge in [0.15, 0.2) is 0 Å². The van der Waals surface area contributed by atoms with Crippen molar-refractivity contribution in [3.05, 3.63) is 24.5 Å². The van der Waals surface area contributed by atoms with Crippen LogP contribution in [0.4, 0.5) is 0 Å². The highest BCUT2D eigenvalue weighted by molar-refractivity contribution is 5.83. The van der Waals surface area contributed by atoms with E-state index < -0.39 is 0 Å². The van der Waals surface area contributed by atoms with E-state index in [0.29, 0.717) is 6.10 Å². The Balaban J connectivity index is 2.02. The Bertz CT molecular complexity index is 488. The van der Waals surface area contributed by atoms with E-state index in [1.165, 1.54) is 0 Å². The Morgan fingerprint density at radius 3 is 3.13 bits per heavy atom. The van der Waals surface area contributed by atoms with Gasteiger partial charge in [0, 0.05) is 32.5 Å². The average molecular weight is 203 g/mol. The van der Waals surface area contributed by atoms with Gasteiger partial charge in [-0.25, -0.2) is 4.98 Å². The molecule has 1 saturated heterocycles. The van der Waals surface area contributed by atoms with Crippen LogP contribution >= 0.6 is 0 Å². The predicted octanol–water partition coefficient (Wildman–Crippen LogP) is 0.924. The third-order valence-electron chi connectivity index (χ3n) is 2.73. The van der Waals surface area contributed by atoms with Gasteiger partial charge >= 0.3 is 0 Å². The summed E-state index contributed by atoms with van der Waals surface area (Å²) in [5.41, 5.74) is 0.972. The Morgan fingerprint density at radius 1 is 1.53 bits per heavy atom. The topological polar surface area (TPSA) is 39.1 Å². The van der Waals surface area contributed by atoms with Crippen LogP contribution in [0.25, 0.3) is 11.0 Å². The minimum Gasteiger partial charge on any atom is -0.485 e. The zero-order valence-corrected chi connectivity index (χ0v) is 8.60. The van der Waals surface area contributed by atoms with E-state index in [1.54, 1.807) is 6.20 Å². The molecule has 0 aliphatic carbocycles. The first-order valence-corrected chi connectivity index (χ1v) is 5.12. The molecular weight excluding hydrogens is 190 g/mol. The van der Waals surface area contributed by atoms with Gasteiger partial charge in [-0.1, -0.05) is 0 Å². The van der Waals surface area contributed by atoms with Crippen molar-refractivity contribution >= 4 is 11.0 Å². The molecule has 2 aromatic rings. The maximum atomic E-state index is 5.86. The number of aromatic nitrogens is 2. The number of fused-ring (bicyclic) bond motifs is 1. The van der Waals surface area contributed by atoms with Crippen LogP contribution in [0, 0.1) is 0 Å². The molecule has 0 aromatic carbocycles. The molecular formula is C11H13N3O. The second-order valence-corrected chi connectivity index (χ2v) is 3.88. The minimum atomic E-state index is 0.316. The molecule has 1 fully saturated rings. The summed E-state index contributed by atoms with van der Waals surface area (Å²) in [5.74, 6) is 0.937. The molecule has 0 spiro atoms. The van der Waals surface area contributed by atoms with Gasteiger partial charge in [-0.3, -0.25) is 0 Å². The highest BCUT2D eigenvalue weighted by Crippen LogP contribution is 2.26. The molecule has 1 aliphatic rings. The van der Waals surface area contributed by atoms with Crippen molar-refractivity contribution in [2.24, 2.45) is 7.05 Å². The standard InChI is InChI=1S/C11H13N3O/c1-14-7-10(15-8-5-12-6-8)9-3-2-4-13-11(9)14/h2-4,7-8,12H,5-6H2,1H3. The zero-order valence-electron chi connectivity index (χ0n) is 8.60. The first kappa shape index (κ1) is 8.73. The first-order valence-electron chi connectivity index (χ1n) is 5.12. The number of aryl methyl sites for hydroxylation is 1. The van der Waals surface area contributed by atoms with E-state index in [1.807, 2.05) is 29.9 Å². The van der Waals surface area contributed by atoms with Crippen LogP contribution in [0.5, 0.6) is 5.75 Å². The molecule has 0 saturated carbocycles. The maximum Gasteiger partial charge on any atom is 0.147 e. The van der Waals surface area contributed by atoms with Gasteiger partial charge in [0.1, 0.15) is 17.5 Å². The summed E-state index contributed by atoms with van der Waals surface area (Å²) in [6.45, 7) is 1.88. The Hall–Kier alpha value is -1.55. The van der Waals surface area contributed by atoms with Crippen molar-refractivity contribution in [1.29, 1.82) is 0 Å². The fourth-order valence-corrected chi connectivity index (χ4v) is 1.80. The second-order valence-electron chi connectivity index (χ2n) is 3.88. The van der Waals surface area contributed by atoms with Crippen LogP contribution in [0.15, 0.2) is 24.5 Å². The highest BCUT2D eigenvalue weighted by Gasteiger charge is 2.20. The maximum absolute atomic E-state index is 5.86. The van der Waals surface area contributed by atoms with Gasteiger partial charge in [0.2, 0.25) is 0 Å². The monoisotopic (exact) mass is 203 g/mol. The molecule has 0 amide bonds. The molecule has 4 heteroatoms. The van der Waals surface area contributed by atoms with Crippen molar-refractivity contribution < 1.29 is 4.74 Å². The summed E-state index contributed by atoms with van der Waals surface area (Å²) in [5, 5.41) is 4.28. The summed E-state index contributed by atoms with van der Waals surface area (Å²) in [4.78, 5) is 4.32. The SMILES string of the molecule is Cn1cc(OC2CNC2)c2cccnc21. The van der Waals surface area contributed by atoms with Crippen LogP contribution in [0.2, 0.25) is 0 Å². The molecule has 2 aromatic heterocycles. The van der Waals surface area contributed by atoms with E-state index in [0.717, 1.165) is 29.9 Å². The van der Waals surface area contributed by atoms with E-state index in [9.17, 15) is 0 Å². The van der Waals surface area contributed by atoms with Gasteiger partial charge in [0.05, 0.1) is 5.39 Å². The van der Waals surface area contributed by atoms with E-state index in [4.69, 9.17) is 4.74 Å². The molecule has 0 radical (unpaired) electrons. The number of pyridine rings is 1. The van der Waals surface area contributed by atoms with Crippen molar-refractivity contribution in [3.8, 4) is 5.75 Å². The number of nitrogens with one attached hydrogen (secondary N) is 1. The Morgan fingerprint density at radius 2 is 2.40 bits per heavy atom. The first-order chi connectivity index (χ1) is 7.34. The van der Waals surface area contributed by atoms with E-state index in [2.05, 4.69) is 10.3 Å². The summed E-state index contributed by atoms with van der Waals surface area (Å²) >= 11 is 0. The number of ether oxygens (including phenoxy) is 1. The zero-order chi connectivity index (χ0) is 10.3. The number of hydrogen-bond acceptors (Lipinski definition) is 3. The smallest absolute Gasteiger partial charge is 0.147 e. The fraction of sp³-hybridized carbons (Fsp3) is 0.364. The summed E-state index contributed by atoms with van der Waals surface area (Å²) in [6.07, 6.45) is 4.11. The lowest BCUT2D eigenvalue weighted by molar-refractivity contribution is 0.144. The van der Waals surface area contributed by atoms with Crippen molar-refractivity contribution in [1.82, 2.24) is 14.9 Å². The molecule has 1 N–H and O–H groups in total. The molecule has 3 heterocycles. The number of rotatable bonds is 2. The summed E-state index contributed by atoms with van der Waals surface area (Å²) in [6, 6.07) is 3.98. The summed E-state index contributed by atoms with van der Waals surface area (Å²) < 4.78 is 7.86. The van der Waals surface area contributed by atoms with Gasteiger partial charge in [0.25, 0.3) is 0 Å². The number of nitrogens with zero attached hydrogens (tertiary/aromatic N) is 2. The molecule has 0 bridgehead atoms. The van der Waals surface area contributed by atoms with Crippen LogP contribution in [-0.4, -0.2) is 28.7 Å². The lowest BCUT2D eigenvalue weighted by Crippen LogP contribution is -2.50. The van der Waals surface area contributed by atoms with Crippen LogP contribution in [-0.2, 0) is 7.05 Å². The second kappa shape index (κ2) is 3.24. The van der Waals surface area contributed by atoms with Crippen molar-refractivity contribution in [2.75, 3.05) is 13.1 Å². The van der Waals surface area contributed by atoms with Crippen LogP contribution in [0.1, 0.15) is 0 Å². The van der Waals surface area contributed by atoms with Gasteiger partial charge in [-0.15, -0.1) is 0 Å². The normalized spacial score (nSPS) is 16.6. The lowest BCUT2D eigenvalue weighted by Gasteiger charge is -2.27. The number of hydrogen-bond donors (Lipinski definition) is 1. The quantitative estimate of drug-likeness (QED) is 0.789. The molecule has 4 nitrogen and oxygen atoms in total. The molecule has 1 aliphatic heterocycles. The molecule has 78 valence electrons. The van der Waals surface area contributed by atoms with Crippen molar-refractivity contribution in [2.45, 2.75) is 6.10 Å². The summed E-state index contributed by atoms with van der Waals surface area (Å²) in [7, 11) is 1.99. The highest BCUT2D eigenvalue weighted by atomic mass is 16.5. The molecule has 0 unspecified atom stereocenters. The Labute approximate surface area is 87.9 Å². The lowest BCUT2D eigenvalue weighted by atomic mass is 10.2.